The minimum absolute atomic E-state index is 0.310. The molecule has 1 aromatic heterocycles. The molecule has 0 bridgehead atoms. The van der Waals surface area contributed by atoms with E-state index in [-0.39, 0.29) is 5.38 Å². The van der Waals surface area contributed by atoms with E-state index in [2.05, 4.69) is 15.5 Å². The highest BCUT2D eigenvalue weighted by Gasteiger charge is 2.17. The van der Waals surface area contributed by atoms with E-state index < -0.39 is 0 Å². The van der Waals surface area contributed by atoms with Gasteiger partial charge in [-0.25, -0.2) is 0 Å². The Morgan fingerprint density at radius 2 is 2.00 bits per heavy atom. The molecule has 0 aliphatic heterocycles. The zero-order chi connectivity index (χ0) is 14.5. The van der Waals surface area contributed by atoms with Gasteiger partial charge < -0.3 is 9.47 Å². The first-order chi connectivity index (χ1) is 9.67. The number of rotatable bonds is 6. The number of nitrogens with zero attached hydrogens (tertiary/aromatic N) is 4. The summed E-state index contributed by atoms with van der Waals surface area (Å²) in [5.74, 6) is 1.97. The quantitative estimate of drug-likeness (QED) is 0.767. The Hall–Kier alpha value is -1.82. The van der Waals surface area contributed by atoms with Crippen molar-refractivity contribution in [2.45, 2.75) is 26.1 Å². The molecule has 20 heavy (non-hydrogen) atoms. The highest BCUT2D eigenvalue weighted by molar-refractivity contribution is 6.20. The van der Waals surface area contributed by atoms with Crippen molar-refractivity contribution in [1.29, 1.82) is 0 Å². The lowest BCUT2D eigenvalue weighted by molar-refractivity contribution is 0.328. The Balaban J connectivity index is 2.50. The average Bonchev–Trinajstić information content (AvgIpc) is 2.90. The Morgan fingerprint density at radius 3 is 2.65 bits per heavy atom. The second-order valence-corrected chi connectivity index (χ2v) is 4.72. The monoisotopic (exact) mass is 296 g/mol. The molecule has 0 amide bonds. The largest absolute Gasteiger partial charge is 0.494 e. The second-order valence-electron chi connectivity index (χ2n) is 4.06. The van der Waals surface area contributed by atoms with Gasteiger partial charge in [-0.05, 0) is 43.3 Å². The first-order valence-corrected chi connectivity index (χ1v) is 6.93. The van der Waals surface area contributed by atoms with E-state index in [4.69, 9.17) is 21.1 Å². The van der Waals surface area contributed by atoms with Gasteiger partial charge in [0.2, 0.25) is 0 Å². The minimum atomic E-state index is -0.310. The fourth-order valence-electron chi connectivity index (χ4n) is 1.81. The molecule has 1 unspecified atom stereocenters. The molecule has 0 spiro atoms. The summed E-state index contributed by atoms with van der Waals surface area (Å²) >= 11 is 6.09. The second kappa shape index (κ2) is 6.56. The first kappa shape index (κ1) is 14.6. The van der Waals surface area contributed by atoms with Gasteiger partial charge in [0.15, 0.2) is 5.82 Å². The van der Waals surface area contributed by atoms with Gasteiger partial charge in [-0.3, -0.25) is 0 Å². The van der Waals surface area contributed by atoms with Crippen LogP contribution >= 0.6 is 11.6 Å². The molecule has 1 atom stereocenters. The van der Waals surface area contributed by atoms with Crippen molar-refractivity contribution in [3.8, 4) is 17.2 Å². The Bertz CT molecular complexity index is 571. The molecule has 2 aromatic rings. The summed E-state index contributed by atoms with van der Waals surface area (Å²) in [6, 6.07) is 5.54. The van der Waals surface area contributed by atoms with Crippen LogP contribution in [0.1, 0.15) is 32.0 Å². The number of benzene rings is 1. The van der Waals surface area contributed by atoms with Crippen molar-refractivity contribution in [2.75, 3.05) is 13.2 Å². The van der Waals surface area contributed by atoms with Gasteiger partial charge in [0.05, 0.1) is 18.6 Å². The lowest BCUT2D eigenvalue weighted by Crippen LogP contribution is -2.07. The van der Waals surface area contributed by atoms with Crippen LogP contribution in [0.3, 0.4) is 0 Å². The van der Waals surface area contributed by atoms with E-state index in [9.17, 15) is 0 Å². The number of alkyl halides is 1. The van der Waals surface area contributed by atoms with Gasteiger partial charge in [0, 0.05) is 6.07 Å². The molecule has 1 aromatic carbocycles. The number of ether oxygens (including phenoxy) is 2. The molecule has 0 N–H and O–H groups in total. The molecule has 1 heterocycles. The molecular formula is C13H17ClN4O2. The van der Waals surface area contributed by atoms with Crippen LogP contribution < -0.4 is 9.47 Å². The lowest BCUT2D eigenvalue weighted by atomic mass is 10.2. The standard InChI is InChI=1S/C13H17ClN4O2/c1-4-19-10-6-7-12(20-5-2)11(8-10)18-13(9(3)14)15-16-17-18/h6-9H,4-5H2,1-3H3. The fraction of sp³-hybridized carbons (Fsp3) is 0.462. The molecular weight excluding hydrogens is 280 g/mol. The molecule has 6 nitrogen and oxygen atoms in total. The molecule has 0 saturated heterocycles. The SMILES string of the molecule is CCOc1ccc(OCC)c(-n2nnnc2C(C)Cl)c1. The van der Waals surface area contributed by atoms with E-state index in [0.29, 0.717) is 30.5 Å². The molecule has 0 saturated carbocycles. The topological polar surface area (TPSA) is 62.1 Å². The van der Waals surface area contributed by atoms with Crippen molar-refractivity contribution in [3.05, 3.63) is 24.0 Å². The van der Waals surface area contributed by atoms with E-state index in [1.165, 1.54) is 0 Å². The van der Waals surface area contributed by atoms with Crippen LogP contribution in [0.5, 0.6) is 11.5 Å². The molecule has 7 heteroatoms. The van der Waals surface area contributed by atoms with Crippen LogP contribution in [-0.2, 0) is 0 Å². The van der Waals surface area contributed by atoms with Crippen LogP contribution in [-0.4, -0.2) is 33.4 Å². The summed E-state index contributed by atoms with van der Waals surface area (Å²) in [6.07, 6.45) is 0. The fourth-order valence-corrected chi connectivity index (χ4v) is 1.95. The van der Waals surface area contributed by atoms with Gasteiger partial charge in [-0.15, -0.1) is 16.7 Å². The molecule has 0 radical (unpaired) electrons. The average molecular weight is 297 g/mol. The summed E-state index contributed by atoms with van der Waals surface area (Å²) in [6.45, 7) is 6.80. The zero-order valence-corrected chi connectivity index (χ0v) is 12.5. The lowest BCUT2D eigenvalue weighted by Gasteiger charge is -2.13. The van der Waals surface area contributed by atoms with Crippen molar-refractivity contribution in [2.24, 2.45) is 0 Å². The third kappa shape index (κ3) is 3.01. The third-order valence-corrected chi connectivity index (χ3v) is 2.81. The Kier molecular flexibility index (Phi) is 4.79. The summed E-state index contributed by atoms with van der Waals surface area (Å²) < 4.78 is 12.7. The van der Waals surface area contributed by atoms with Gasteiger partial charge in [0.1, 0.15) is 17.2 Å². The minimum Gasteiger partial charge on any atom is -0.494 e. The van der Waals surface area contributed by atoms with Crippen molar-refractivity contribution < 1.29 is 9.47 Å². The van der Waals surface area contributed by atoms with Crippen molar-refractivity contribution >= 4 is 11.6 Å². The molecule has 2 rings (SSSR count). The maximum Gasteiger partial charge on any atom is 0.174 e. The highest BCUT2D eigenvalue weighted by atomic mass is 35.5. The smallest absolute Gasteiger partial charge is 0.174 e. The Labute approximate surface area is 122 Å². The number of hydrogen-bond acceptors (Lipinski definition) is 5. The summed E-state index contributed by atoms with van der Waals surface area (Å²) in [4.78, 5) is 0. The summed E-state index contributed by atoms with van der Waals surface area (Å²) in [7, 11) is 0. The summed E-state index contributed by atoms with van der Waals surface area (Å²) in [5.41, 5.74) is 0.713. The molecule has 0 aliphatic carbocycles. The number of halogens is 1. The van der Waals surface area contributed by atoms with Crippen molar-refractivity contribution in [3.63, 3.8) is 0 Å². The van der Waals surface area contributed by atoms with Crippen LogP contribution in [0, 0.1) is 0 Å². The van der Waals surface area contributed by atoms with Crippen LogP contribution in [0.15, 0.2) is 18.2 Å². The predicted molar refractivity (Wildman–Crippen MR) is 75.8 cm³/mol. The number of aromatic nitrogens is 4. The van der Waals surface area contributed by atoms with Crippen LogP contribution in [0.25, 0.3) is 5.69 Å². The predicted octanol–water partition coefficient (Wildman–Crippen LogP) is 2.76. The van der Waals surface area contributed by atoms with Crippen LogP contribution in [0.4, 0.5) is 0 Å². The summed E-state index contributed by atoms with van der Waals surface area (Å²) in [5, 5.41) is 11.3. The van der Waals surface area contributed by atoms with Gasteiger partial charge in [0.25, 0.3) is 0 Å². The van der Waals surface area contributed by atoms with Gasteiger partial charge >= 0.3 is 0 Å². The maximum absolute atomic E-state index is 6.09. The maximum atomic E-state index is 6.09. The normalized spacial score (nSPS) is 12.2. The van der Waals surface area contributed by atoms with Gasteiger partial charge in [-0.2, -0.15) is 4.68 Å². The Morgan fingerprint density at radius 1 is 1.25 bits per heavy atom. The van der Waals surface area contributed by atoms with E-state index in [1.807, 2.05) is 39.0 Å². The van der Waals surface area contributed by atoms with Crippen molar-refractivity contribution in [1.82, 2.24) is 20.2 Å². The third-order valence-electron chi connectivity index (χ3n) is 2.62. The van der Waals surface area contributed by atoms with E-state index in [0.717, 1.165) is 5.75 Å². The van der Waals surface area contributed by atoms with E-state index >= 15 is 0 Å². The molecule has 108 valence electrons. The van der Waals surface area contributed by atoms with Gasteiger partial charge in [-0.1, -0.05) is 0 Å². The number of tetrazole rings is 1. The first-order valence-electron chi connectivity index (χ1n) is 6.49. The highest BCUT2D eigenvalue weighted by Crippen LogP contribution is 2.30. The molecule has 0 fully saturated rings. The number of hydrogen-bond donors (Lipinski definition) is 0. The zero-order valence-electron chi connectivity index (χ0n) is 11.7. The van der Waals surface area contributed by atoms with E-state index in [1.54, 1.807) is 4.68 Å². The van der Waals surface area contributed by atoms with Crippen LogP contribution in [0.2, 0.25) is 0 Å². The molecule has 0 aliphatic rings.